The van der Waals surface area contributed by atoms with Crippen LogP contribution in [0.3, 0.4) is 0 Å². The molecule has 1 atom stereocenters. The first-order chi connectivity index (χ1) is 13.5. The molecule has 1 N–H and O–H groups in total. The number of rotatable bonds is 7. The molecule has 1 aliphatic rings. The summed E-state index contributed by atoms with van der Waals surface area (Å²) >= 11 is 0. The molecule has 1 aliphatic heterocycles. The number of carbonyl (C=O) groups is 1. The van der Waals surface area contributed by atoms with Gasteiger partial charge in [0.15, 0.2) is 0 Å². The number of urea groups is 1. The van der Waals surface area contributed by atoms with Gasteiger partial charge in [0, 0.05) is 51.5 Å². The largest absolute Gasteiger partial charge is 0.338 e. The van der Waals surface area contributed by atoms with Crippen molar-refractivity contribution in [3.63, 3.8) is 0 Å². The van der Waals surface area contributed by atoms with Gasteiger partial charge in [0.25, 0.3) is 0 Å². The fourth-order valence-corrected chi connectivity index (χ4v) is 3.70. The summed E-state index contributed by atoms with van der Waals surface area (Å²) in [6.45, 7) is 12.3. The molecule has 0 radical (unpaired) electrons. The quantitative estimate of drug-likeness (QED) is 0.800. The molecule has 2 aromatic rings. The molecule has 0 aliphatic carbocycles. The minimum Gasteiger partial charge on any atom is -0.338 e. The molecule has 1 unspecified atom stereocenters. The van der Waals surface area contributed by atoms with Crippen LogP contribution in [0.25, 0.3) is 0 Å². The van der Waals surface area contributed by atoms with Gasteiger partial charge in [-0.25, -0.2) is 4.79 Å². The molecule has 1 fully saturated rings. The molecule has 1 saturated heterocycles. The van der Waals surface area contributed by atoms with Crippen LogP contribution in [0, 0.1) is 19.8 Å². The average molecular weight is 384 g/mol. The maximum atomic E-state index is 12.5. The SMILES string of the molecule is Cc1cc(C)n(CC(C)CNC(=O)N2CCN(CCc3ccccc3)CC2)n1. The highest BCUT2D eigenvalue weighted by Crippen LogP contribution is 2.08. The van der Waals surface area contributed by atoms with E-state index >= 15 is 0 Å². The lowest BCUT2D eigenvalue weighted by atomic mass is 10.1. The normalized spacial score (nSPS) is 16.2. The van der Waals surface area contributed by atoms with Gasteiger partial charge in [-0.05, 0) is 37.8 Å². The van der Waals surface area contributed by atoms with Crippen LogP contribution >= 0.6 is 0 Å². The van der Waals surface area contributed by atoms with Gasteiger partial charge < -0.3 is 10.2 Å². The molecule has 0 saturated carbocycles. The van der Waals surface area contributed by atoms with Crippen molar-refractivity contribution < 1.29 is 4.79 Å². The summed E-state index contributed by atoms with van der Waals surface area (Å²) in [6.07, 6.45) is 1.07. The second-order valence-corrected chi connectivity index (χ2v) is 7.96. The van der Waals surface area contributed by atoms with Crippen LogP contribution in [0.4, 0.5) is 4.79 Å². The Kier molecular flexibility index (Phi) is 7.09. The van der Waals surface area contributed by atoms with Crippen LogP contribution in [0.5, 0.6) is 0 Å². The lowest BCUT2D eigenvalue weighted by molar-refractivity contribution is 0.139. The van der Waals surface area contributed by atoms with E-state index in [1.807, 2.05) is 16.5 Å². The molecule has 6 heteroatoms. The van der Waals surface area contributed by atoms with Gasteiger partial charge in [0.2, 0.25) is 0 Å². The molecule has 152 valence electrons. The molecule has 28 heavy (non-hydrogen) atoms. The third-order valence-electron chi connectivity index (χ3n) is 5.41. The number of benzene rings is 1. The number of aryl methyl sites for hydroxylation is 2. The van der Waals surface area contributed by atoms with Crippen molar-refractivity contribution >= 4 is 6.03 Å². The van der Waals surface area contributed by atoms with Crippen LogP contribution in [0.1, 0.15) is 23.9 Å². The van der Waals surface area contributed by atoms with E-state index in [0.29, 0.717) is 12.5 Å². The maximum absolute atomic E-state index is 12.5. The number of hydrogen-bond acceptors (Lipinski definition) is 3. The monoisotopic (exact) mass is 383 g/mol. The lowest BCUT2D eigenvalue weighted by Gasteiger charge is -2.35. The Balaban J connectivity index is 1.35. The summed E-state index contributed by atoms with van der Waals surface area (Å²) in [5.41, 5.74) is 3.58. The third-order valence-corrected chi connectivity index (χ3v) is 5.41. The van der Waals surface area contributed by atoms with Crippen molar-refractivity contribution in [2.75, 3.05) is 39.3 Å². The molecular weight excluding hydrogens is 350 g/mol. The van der Waals surface area contributed by atoms with E-state index in [2.05, 4.69) is 65.6 Å². The Labute approximate surface area is 168 Å². The minimum absolute atomic E-state index is 0.0583. The van der Waals surface area contributed by atoms with E-state index in [1.54, 1.807) is 0 Å². The van der Waals surface area contributed by atoms with E-state index in [-0.39, 0.29) is 6.03 Å². The van der Waals surface area contributed by atoms with Crippen molar-refractivity contribution in [1.29, 1.82) is 0 Å². The lowest BCUT2D eigenvalue weighted by Crippen LogP contribution is -2.52. The van der Waals surface area contributed by atoms with Gasteiger partial charge >= 0.3 is 6.03 Å². The number of nitrogens with one attached hydrogen (secondary N) is 1. The molecule has 3 rings (SSSR count). The molecule has 0 bridgehead atoms. The molecular formula is C22H33N5O. The van der Waals surface area contributed by atoms with Crippen molar-refractivity contribution in [1.82, 2.24) is 24.9 Å². The Morgan fingerprint density at radius 1 is 1.14 bits per heavy atom. The zero-order valence-corrected chi connectivity index (χ0v) is 17.4. The summed E-state index contributed by atoms with van der Waals surface area (Å²) in [6, 6.07) is 12.7. The Morgan fingerprint density at radius 2 is 1.86 bits per heavy atom. The van der Waals surface area contributed by atoms with Gasteiger partial charge in [-0.3, -0.25) is 9.58 Å². The number of amides is 2. The van der Waals surface area contributed by atoms with Gasteiger partial charge in [0.05, 0.1) is 5.69 Å². The number of piperazine rings is 1. The maximum Gasteiger partial charge on any atom is 0.317 e. The predicted molar refractivity (Wildman–Crippen MR) is 112 cm³/mol. The standard InChI is InChI=1S/C22H33N5O/c1-18(17-27-20(3)15-19(2)24-27)16-23-22(28)26-13-11-25(12-14-26)10-9-21-7-5-4-6-8-21/h4-8,15,18H,9-14,16-17H2,1-3H3,(H,23,28). The van der Waals surface area contributed by atoms with Crippen LogP contribution in [-0.2, 0) is 13.0 Å². The topological polar surface area (TPSA) is 53.4 Å². The number of carbonyl (C=O) groups excluding carboxylic acids is 1. The second kappa shape index (κ2) is 9.73. The first kappa shape index (κ1) is 20.4. The smallest absolute Gasteiger partial charge is 0.317 e. The van der Waals surface area contributed by atoms with Crippen LogP contribution < -0.4 is 5.32 Å². The summed E-state index contributed by atoms with van der Waals surface area (Å²) in [4.78, 5) is 16.9. The molecule has 2 heterocycles. The summed E-state index contributed by atoms with van der Waals surface area (Å²) in [7, 11) is 0. The van der Waals surface area contributed by atoms with Crippen molar-refractivity contribution in [3.8, 4) is 0 Å². The Morgan fingerprint density at radius 3 is 2.50 bits per heavy atom. The van der Waals surface area contributed by atoms with Crippen molar-refractivity contribution in [2.45, 2.75) is 33.7 Å². The van der Waals surface area contributed by atoms with E-state index < -0.39 is 0 Å². The minimum atomic E-state index is 0.0583. The fourth-order valence-electron chi connectivity index (χ4n) is 3.70. The molecule has 2 amide bonds. The predicted octanol–water partition coefficient (Wildman–Crippen LogP) is 2.71. The van der Waals surface area contributed by atoms with Crippen LogP contribution in [0.15, 0.2) is 36.4 Å². The van der Waals surface area contributed by atoms with Gasteiger partial charge in [-0.1, -0.05) is 37.3 Å². The fraction of sp³-hybridized carbons (Fsp3) is 0.545. The van der Waals surface area contributed by atoms with E-state index in [4.69, 9.17) is 0 Å². The molecule has 0 spiro atoms. The number of nitrogens with zero attached hydrogens (tertiary/aromatic N) is 4. The summed E-state index contributed by atoms with van der Waals surface area (Å²) in [5, 5.41) is 7.60. The van der Waals surface area contributed by atoms with Crippen molar-refractivity contribution in [3.05, 3.63) is 53.3 Å². The molecule has 1 aromatic carbocycles. The summed E-state index contributed by atoms with van der Waals surface area (Å²) < 4.78 is 2.03. The van der Waals surface area contributed by atoms with Gasteiger partial charge in [0.1, 0.15) is 0 Å². The van der Waals surface area contributed by atoms with E-state index in [0.717, 1.165) is 51.4 Å². The van der Waals surface area contributed by atoms with Crippen LogP contribution in [0.2, 0.25) is 0 Å². The van der Waals surface area contributed by atoms with E-state index in [1.165, 1.54) is 11.3 Å². The van der Waals surface area contributed by atoms with E-state index in [9.17, 15) is 4.79 Å². The summed E-state index contributed by atoms with van der Waals surface area (Å²) in [5.74, 6) is 0.342. The molecule has 6 nitrogen and oxygen atoms in total. The van der Waals surface area contributed by atoms with Gasteiger partial charge in [-0.2, -0.15) is 5.10 Å². The highest BCUT2D eigenvalue weighted by Gasteiger charge is 2.21. The molecule has 1 aromatic heterocycles. The number of hydrogen-bond donors (Lipinski definition) is 1. The zero-order valence-electron chi connectivity index (χ0n) is 17.4. The Bertz CT molecular complexity index is 750. The zero-order chi connectivity index (χ0) is 19.9. The first-order valence-electron chi connectivity index (χ1n) is 10.3. The highest BCUT2D eigenvalue weighted by molar-refractivity contribution is 5.74. The first-order valence-corrected chi connectivity index (χ1v) is 10.3. The van der Waals surface area contributed by atoms with Crippen LogP contribution in [-0.4, -0.2) is 64.9 Å². The number of aromatic nitrogens is 2. The Hall–Kier alpha value is -2.34. The second-order valence-electron chi connectivity index (χ2n) is 7.96. The third kappa shape index (κ3) is 5.83. The highest BCUT2D eigenvalue weighted by atomic mass is 16.2. The average Bonchev–Trinajstić information content (AvgIpc) is 3.02. The van der Waals surface area contributed by atoms with Crippen molar-refractivity contribution in [2.24, 2.45) is 5.92 Å². The van der Waals surface area contributed by atoms with Gasteiger partial charge in [-0.15, -0.1) is 0 Å².